The molecule has 0 aliphatic heterocycles. The van der Waals surface area contributed by atoms with Gasteiger partial charge in [-0.05, 0) is 29.8 Å². The quantitative estimate of drug-likeness (QED) is 0.759. The number of amides is 2. The predicted octanol–water partition coefficient (Wildman–Crippen LogP) is 3.40. The van der Waals surface area contributed by atoms with Crippen molar-refractivity contribution in [3.05, 3.63) is 57.6 Å². The van der Waals surface area contributed by atoms with Crippen molar-refractivity contribution in [3.63, 3.8) is 0 Å². The summed E-state index contributed by atoms with van der Waals surface area (Å²) in [6.07, 6.45) is 0. The van der Waals surface area contributed by atoms with Crippen molar-refractivity contribution in [2.45, 2.75) is 6.54 Å². The summed E-state index contributed by atoms with van der Waals surface area (Å²) < 4.78 is 10.3. The highest BCUT2D eigenvalue weighted by atomic mass is 35.5. The van der Waals surface area contributed by atoms with E-state index in [1.165, 1.54) is 19.1 Å². The Hall–Kier alpha value is -2.44. The molecule has 0 unspecified atom stereocenters. The molecular formula is C19H20Cl2N2O4. The molecular weight excluding hydrogens is 391 g/mol. The first-order valence-electron chi connectivity index (χ1n) is 8.04. The van der Waals surface area contributed by atoms with Crippen molar-refractivity contribution in [3.8, 4) is 11.5 Å². The number of nitrogens with one attached hydrogen (secondary N) is 1. The molecule has 2 aromatic carbocycles. The average molecular weight is 411 g/mol. The van der Waals surface area contributed by atoms with Gasteiger partial charge >= 0.3 is 0 Å². The monoisotopic (exact) mass is 410 g/mol. The van der Waals surface area contributed by atoms with Gasteiger partial charge in [-0.15, -0.1) is 0 Å². The number of carbonyl (C=O) groups excluding carboxylic acids is 2. The lowest BCUT2D eigenvalue weighted by Crippen LogP contribution is -2.37. The molecule has 6 nitrogen and oxygen atoms in total. The molecule has 0 spiro atoms. The van der Waals surface area contributed by atoms with Gasteiger partial charge < -0.3 is 19.7 Å². The van der Waals surface area contributed by atoms with Gasteiger partial charge in [0.25, 0.3) is 5.91 Å². The van der Waals surface area contributed by atoms with Crippen LogP contribution in [0.15, 0.2) is 36.4 Å². The van der Waals surface area contributed by atoms with Crippen molar-refractivity contribution in [2.75, 3.05) is 27.8 Å². The summed E-state index contributed by atoms with van der Waals surface area (Å²) in [5.41, 5.74) is 1.09. The van der Waals surface area contributed by atoms with Crippen LogP contribution in [0.25, 0.3) is 0 Å². The smallest absolute Gasteiger partial charge is 0.251 e. The second-order valence-corrected chi connectivity index (χ2v) is 6.50. The van der Waals surface area contributed by atoms with Gasteiger partial charge in [0.2, 0.25) is 5.91 Å². The molecule has 2 rings (SSSR count). The Morgan fingerprint density at radius 1 is 1.07 bits per heavy atom. The fraction of sp³-hybridized carbons (Fsp3) is 0.263. The van der Waals surface area contributed by atoms with Gasteiger partial charge in [-0.3, -0.25) is 9.59 Å². The molecule has 144 valence electrons. The van der Waals surface area contributed by atoms with E-state index in [0.717, 1.165) is 5.56 Å². The molecule has 0 atom stereocenters. The van der Waals surface area contributed by atoms with Crippen LogP contribution in [0.4, 0.5) is 0 Å². The number of ether oxygens (including phenoxy) is 2. The van der Waals surface area contributed by atoms with Crippen LogP contribution in [0, 0.1) is 0 Å². The number of rotatable bonds is 7. The molecule has 0 radical (unpaired) electrons. The highest BCUT2D eigenvalue weighted by molar-refractivity contribution is 6.42. The lowest BCUT2D eigenvalue weighted by atomic mass is 10.2. The SMILES string of the molecule is COc1ccc(C(=O)NCC(=O)N(C)Cc2cccc(Cl)c2Cl)cc1OC. The predicted molar refractivity (Wildman–Crippen MR) is 105 cm³/mol. The first-order chi connectivity index (χ1) is 12.9. The summed E-state index contributed by atoms with van der Waals surface area (Å²) in [6.45, 7) is 0.131. The van der Waals surface area contributed by atoms with E-state index in [4.69, 9.17) is 32.7 Å². The van der Waals surface area contributed by atoms with Gasteiger partial charge in [0, 0.05) is 19.2 Å². The van der Waals surface area contributed by atoms with Crippen LogP contribution in [0.3, 0.4) is 0 Å². The number of methoxy groups -OCH3 is 2. The Balaban J connectivity index is 1.96. The molecule has 0 saturated heterocycles. The van der Waals surface area contributed by atoms with Crippen LogP contribution >= 0.6 is 23.2 Å². The second kappa shape index (κ2) is 9.48. The summed E-state index contributed by atoms with van der Waals surface area (Å²) >= 11 is 12.1. The van der Waals surface area contributed by atoms with Gasteiger partial charge in [-0.25, -0.2) is 0 Å². The van der Waals surface area contributed by atoms with Gasteiger partial charge in [-0.1, -0.05) is 35.3 Å². The molecule has 0 heterocycles. The molecule has 0 bridgehead atoms. The molecule has 0 saturated carbocycles. The van der Waals surface area contributed by atoms with E-state index in [1.807, 2.05) is 0 Å². The Labute approximate surface area is 168 Å². The van der Waals surface area contributed by atoms with Crippen LogP contribution in [-0.4, -0.2) is 44.5 Å². The number of benzene rings is 2. The minimum Gasteiger partial charge on any atom is -0.493 e. The molecule has 27 heavy (non-hydrogen) atoms. The van der Waals surface area contributed by atoms with E-state index in [-0.39, 0.29) is 19.0 Å². The van der Waals surface area contributed by atoms with Gasteiger partial charge in [0.05, 0.1) is 30.8 Å². The third kappa shape index (κ3) is 5.28. The number of hydrogen-bond acceptors (Lipinski definition) is 4. The summed E-state index contributed by atoms with van der Waals surface area (Å²) in [5, 5.41) is 3.43. The minimum atomic E-state index is -0.390. The van der Waals surface area contributed by atoms with Gasteiger partial charge in [0.1, 0.15) is 0 Å². The maximum absolute atomic E-state index is 12.3. The second-order valence-electron chi connectivity index (χ2n) is 5.72. The first-order valence-corrected chi connectivity index (χ1v) is 8.80. The third-order valence-electron chi connectivity index (χ3n) is 3.91. The van der Waals surface area contributed by atoms with Gasteiger partial charge in [-0.2, -0.15) is 0 Å². The van der Waals surface area contributed by atoms with Crippen molar-refractivity contribution in [1.29, 1.82) is 0 Å². The Bertz CT molecular complexity index is 842. The van der Waals surface area contributed by atoms with Gasteiger partial charge in [0.15, 0.2) is 11.5 Å². The third-order valence-corrected chi connectivity index (χ3v) is 4.77. The van der Waals surface area contributed by atoms with Crippen LogP contribution in [0.1, 0.15) is 15.9 Å². The highest BCUT2D eigenvalue weighted by Gasteiger charge is 2.15. The van der Waals surface area contributed by atoms with Crippen LogP contribution in [0.2, 0.25) is 10.0 Å². The van der Waals surface area contributed by atoms with Crippen LogP contribution in [-0.2, 0) is 11.3 Å². The van der Waals surface area contributed by atoms with Crippen molar-refractivity contribution >= 4 is 35.0 Å². The molecule has 2 aromatic rings. The highest BCUT2D eigenvalue weighted by Crippen LogP contribution is 2.28. The van der Waals surface area contributed by atoms with Crippen LogP contribution < -0.4 is 14.8 Å². The minimum absolute atomic E-state index is 0.151. The number of hydrogen-bond donors (Lipinski definition) is 1. The van der Waals surface area contributed by atoms with Crippen molar-refractivity contribution in [1.82, 2.24) is 10.2 Å². The summed E-state index contributed by atoms with van der Waals surface area (Å²) in [6, 6.07) is 10.0. The van der Waals surface area contributed by atoms with Crippen molar-refractivity contribution < 1.29 is 19.1 Å². The van der Waals surface area contributed by atoms with Crippen molar-refractivity contribution in [2.24, 2.45) is 0 Å². The summed E-state index contributed by atoms with van der Waals surface area (Å²) in [4.78, 5) is 26.0. The van der Waals surface area contributed by atoms with E-state index in [0.29, 0.717) is 27.1 Å². The topological polar surface area (TPSA) is 67.9 Å². The fourth-order valence-electron chi connectivity index (χ4n) is 2.38. The summed E-state index contributed by atoms with van der Waals surface area (Å²) in [5.74, 6) is 0.297. The molecule has 1 N–H and O–H groups in total. The summed E-state index contributed by atoms with van der Waals surface area (Å²) in [7, 11) is 4.62. The van der Waals surface area contributed by atoms with E-state index < -0.39 is 5.91 Å². The maximum atomic E-state index is 12.3. The Morgan fingerprint density at radius 3 is 2.44 bits per heavy atom. The number of nitrogens with zero attached hydrogens (tertiary/aromatic N) is 1. The number of halogens is 2. The lowest BCUT2D eigenvalue weighted by molar-refractivity contribution is -0.129. The lowest BCUT2D eigenvalue weighted by Gasteiger charge is -2.18. The molecule has 0 aliphatic carbocycles. The zero-order chi connectivity index (χ0) is 20.0. The zero-order valence-corrected chi connectivity index (χ0v) is 16.7. The molecule has 0 fully saturated rings. The Morgan fingerprint density at radius 2 is 1.78 bits per heavy atom. The standard InChI is InChI=1S/C19H20Cl2N2O4/c1-23(11-13-5-4-6-14(20)18(13)21)17(24)10-22-19(25)12-7-8-15(26-2)16(9-12)27-3/h4-9H,10-11H2,1-3H3,(H,22,25). The van der Waals surface area contributed by atoms with Crippen LogP contribution in [0.5, 0.6) is 11.5 Å². The van der Waals surface area contributed by atoms with E-state index in [1.54, 1.807) is 43.4 Å². The Kier molecular flexibility index (Phi) is 7.33. The fourth-order valence-corrected chi connectivity index (χ4v) is 2.76. The molecule has 0 aliphatic rings. The molecule has 2 amide bonds. The molecule has 0 aromatic heterocycles. The number of likely N-dealkylation sites (N-methyl/N-ethyl adjacent to an activating group) is 1. The first kappa shape index (κ1) is 20.9. The number of carbonyl (C=O) groups is 2. The van der Waals surface area contributed by atoms with E-state index >= 15 is 0 Å². The van der Waals surface area contributed by atoms with E-state index in [9.17, 15) is 9.59 Å². The normalized spacial score (nSPS) is 10.3. The largest absolute Gasteiger partial charge is 0.493 e. The van der Waals surface area contributed by atoms with E-state index in [2.05, 4.69) is 5.32 Å². The zero-order valence-electron chi connectivity index (χ0n) is 15.2. The molecule has 8 heteroatoms. The average Bonchev–Trinajstić information content (AvgIpc) is 2.68. The maximum Gasteiger partial charge on any atom is 0.251 e.